The molecule has 1 fully saturated rings. The van der Waals surface area contributed by atoms with Crippen molar-refractivity contribution in [3.63, 3.8) is 0 Å². The molecule has 0 saturated carbocycles. The van der Waals surface area contributed by atoms with E-state index in [-0.39, 0.29) is 62.1 Å². The minimum Gasteiger partial charge on any atom is -0.497 e. The van der Waals surface area contributed by atoms with Gasteiger partial charge in [-0.05, 0) is 29.7 Å². The van der Waals surface area contributed by atoms with Gasteiger partial charge in [0.2, 0.25) is 0 Å². The fraction of sp³-hybridized carbons (Fsp3) is 0.316. The molecule has 1 amide bonds. The maximum absolute atomic E-state index is 12.3. The minimum absolute atomic E-state index is 0. The molecule has 1 heterocycles. The Labute approximate surface area is 178 Å². The molecule has 3 rings (SSSR count). The van der Waals surface area contributed by atoms with Crippen LogP contribution in [0.15, 0.2) is 54.6 Å². The summed E-state index contributed by atoms with van der Waals surface area (Å²) in [6.45, 7) is 2.05. The van der Waals surface area contributed by atoms with E-state index in [0.717, 1.165) is 23.3 Å². The first-order valence-electron chi connectivity index (χ1n) is 7.86. The van der Waals surface area contributed by atoms with E-state index in [4.69, 9.17) is 4.74 Å². The van der Waals surface area contributed by atoms with Crippen LogP contribution in [-0.2, 0) is 4.79 Å². The second kappa shape index (κ2) is 8.47. The Bertz CT molecular complexity index is 675. The van der Waals surface area contributed by atoms with Crippen LogP contribution in [0.4, 0.5) is 0 Å². The second-order valence-electron chi connectivity index (χ2n) is 5.74. The van der Waals surface area contributed by atoms with Crippen molar-refractivity contribution in [3.05, 3.63) is 65.7 Å². The number of benzene rings is 2. The maximum Gasteiger partial charge on any atom is 0.255 e. The quantitative estimate of drug-likeness (QED) is 0.596. The van der Waals surface area contributed by atoms with Gasteiger partial charge in [-0.25, -0.2) is 0 Å². The average molecular weight is 538 g/mol. The van der Waals surface area contributed by atoms with Crippen LogP contribution in [0.3, 0.4) is 0 Å². The first-order valence-corrected chi connectivity index (χ1v) is 7.86. The van der Waals surface area contributed by atoms with Crippen LogP contribution in [0.25, 0.3) is 0 Å². The summed E-state index contributed by atoms with van der Waals surface area (Å²) in [6, 6.07) is 17.1. The summed E-state index contributed by atoms with van der Waals surface area (Å²) in [5, 5.41) is 10.2. The molecule has 24 heavy (non-hydrogen) atoms. The number of methoxy groups -OCH3 is 1. The number of amides is 1. The number of aliphatic hydroxyl groups excluding tert-OH is 1. The van der Waals surface area contributed by atoms with Crippen LogP contribution < -0.4 is 4.74 Å². The Morgan fingerprint density at radius 3 is 2.29 bits per heavy atom. The van der Waals surface area contributed by atoms with Crippen LogP contribution in [0, 0.1) is 44.1 Å². The molecule has 5 heteroatoms. The van der Waals surface area contributed by atoms with Crippen molar-refractivity contribution < 1.29 is 58.7 Å². The van der Waals surface area contributed by atoms with Crippen LogP contribution in [0.2, 0.25) is 0 Å². The second-order valence-corrected chi connectivity index (χ2v) is 5.74. The molecule has 3 unspecified atom stereocenters. The molecule has 1 aliphatic rings. The van der Waals surface area contributed by atoms with Crippen LogP contribution in [0.5, 0.6) is 5.75 Å². The topological polar surface area (TPSA) is 49.8 Å². The fourth-order valence-electron chi connectivity index (χ4n) is 3.25. The molecular weight excluding hydrogens is 517 g/mol. The van der Waals surface area contributed by atoms with Crippen molar-refractivity contribution in [1.29, 1.82) is 0 Å². The molecule has 4 nitrogen and oxygen atoms in total. The molecule has 2 aromatic rings. The zero-order chi connectivity index (χ0) is 16.4. The largest absolute Gasteiger partial charge is 0.497 e. The number of carbonyl (C=O) groups is 1. The van der Waals surface area contributed by atoms with Gasteiger partial charge in [-0.2, -0.15) is 0 Å². The Balaban J connectivity index is 0.00000208. The van der Waals surface area contributed by atoms with Crippen molar-refractivity contribution in [2.24, 2.45) is 0 Å². The van der Waals surface area contributed by atoms with Gasteiger partial charge in [0, 0.05) is 44.1 Å². The first-order chi connectivity index (χ1) is 11.2. The molecule has 1 N–H and O–H groups in total. The summed E-state index contributed by atoms with van der Waals surface area (Å²) >= 11 is 0. The minimum atomic E-state index is -0.954. The molecule has 0 bridgehead atoms. The number of hydrogen-bond acceptors (Lipinski definition) is 3. The fourth-order valence-corrected chi connectivity index (χ4v) is 3.25. The van der Waals surface area contributed by atoms with Gasteiger partial charge in [0.25, 0.3) is 5.91 Å². The molecule has 0 aromatic heterocycles. The summed E-state index contributed by atoms with van der Waals surface area (Å²) in [4.78, 5) is 14.1. The normalized spacial score (nSPS) is 20.8. The third-order valence-electron chi connectivity index (χ3n) is 4.47. The van der Waals surface area contributed by atoms with E-state index >= 15 is 0 Å². The number of aliphatic hydroxyl groups is 1. The van der Waals surface area contributed by atoms with Gasteiger partial charge >= 0.3 is 0 Å². The summed E-state index contributed by atoms with van der Waals surface area (Å²) in [5.74, 6) is 0.583. The third-order valence-corrected chi connectivity index (χ3v) is 4.47. The zero-order valence-corrected chi connectivity index (χ0v) is 18.7. The van der Waals surface area contributed by atoms with Crippen molar-refractivity contribution in [2.45, 2.75) is 31.5 Å². The monoisotopic (exact) mass is 538 g/mol. The molecular formula is C19H21AcNO3. The summed E-state index contributed by atoms with van der Waals surface area (Å²) in [7, 11) is 1.63. The van der Waals surface area contributed by atoms with Crippen molar-refractivity contribution >= 4 is 5.91 Å². The van der Waals surface area contributed by atoms with E-state index in [9.17, 15) is 9.90 Å². The van der Waals surface area contributed by atoms with E-state index in [1.165, 1.54) is 0 Å². The Hall–Kier alpha value is -0.888. The first kappa shape index (κ1) is 19.4. The van der Waals surface area contributed by atoms with Crippen molar-refractivity contribution in [2.75, 3.05) is 7.11 Å². The molecule has 3 atom stereocenters. The number of nitrogens with zero attached hydrogens (tertiary/aromatic N) is 1. The SMILES string of the molecule is CCC(c1ccc(OC)cc1)N1C(=O)C(O)C1c1ccccc1.[Ac]. The predicted molar refractivity (Wildman–Crippen MR) is 88.1 cm³/mol. The molecule has 0 aliphatic carbocycles. The van der Waals surface area contributed by atoms with Gasteiger partial charge in [-0.1, -0.05) is 49.4 Å². The molecule has 1 saturated heterocycles. The Kier molecular flexibility index (Phi) is 6.86. The molecule has 0 spiro atoms. The van der Waals surface area contributed by atoms with Crippen LogP contribution >= 0.6 is 0 Å². The number of hydrogen-bond donors (Lipinski definition) is 1. The molecule has 1 aliphatic heterocycles. The molecule has 2 aromatic carbocycles. The Morgan fingerprint density at radius 2 is 1.75 bits per heavy atom. The zero-order valence-electron chi connectivity index (χ0n) is 13.9. The average Bonchev–Trinajstić information content (AvgIpc) is 2.62. The third kappa shape index (κ3) is 3.54. The number of carbonyl (C=O) groups excluding carboxylic acids is 1. The van der Waals surface area contributed by atoms with E-state index in [2.05, 4.69) is 6.92 Å². The van der Waals surface area contributed by atoms with Crippen molar-refractivity contribution in [1.82, 2.24) is 4.90 Å². The summed E-state index contributed by atoms with van der Waals surface area (Å²) < 4.78 is 5.19. The Morgan fingerprint density at radius 1 is 1.12 bits per heavy atom. The number of rotatable bonds is 5. The molecule has 1 radical (unpaired) electrons. The molecule has 123 valence electrons. The van der Waals surface area contributed by atoms with Crippen LogP contribution in [-0.4, -0.2) is 29.1 Å². The van der Waals surface area contributed by atoms with Crippen molar-refractivity contribution in [3.8, 4) is 5.75 Å². The number of likely N-dealkylation sites (tertiary alicyclic amines) is 1. The van der Waals surface area contributed by atoms with E-state index in [0.29, 0.717) is 0 Å². The van der Waals surface area contributed by atoms with Gasteiger partial charge < -0.3 is 14.7 Å². The van der Waals surface area contributed by atoms with E-state index in [1.807, 2.05) is 54.6 Å². The van der Waals surface area contributed by atoms with Gasteiger partial charge in [0.1, 0.15) is 5.75 Å². The van der Waals surface area contributed by atoms with Gasteiger partial charge in [0.05, 0.1) is 19.2 Å². The standard InChI is InChI=1S/C19H21NO3.Ac/c1-3-16(13-9-11-15(23-2)12-10-13)20-17(18(21)19(20)22)14-7-5-4-6-8-14;/h4-12,16-18,21H,3H2,1-2H3;. The summed E-state index contributed by atoms with van der Waals surface area (Å²) in [6.07, 6.45) is -0.168. The number of β-lactam (4-membered cyclic amide) rings is 1. The van der Waals surface area contributed by atoms with E-state index < -0.39 is 6.10 Å². The predicted octanol–water partition coefficient (Wildman–Crippen LogP) is 3.09. The van der Waals surface area contributed by atoms with Gasteiger partial charge in [0.15, 0.2) is 6.10 Å². The summed E-state index contributed by atoms with van der Waals surface area (Å²) in [5.41, 5.74) is 2.01. The smallest absolute Gasteiger partial charge is 0.255 e. The van der Waals surface area contributed by atoms with Crippen LogP contribution in [0.1, 0.15) is 36.6 Å². The van der Waals surface area contributed by atoms with Gasteiger partial charge in [-0.15, -0.1) is 0 Å². The maximum atomic E-state index is 12.3. The number of ether oxygens (including phenoxy) is 1. The van der Waals surface area contributed by atoms with Gasteiger partial charge in [-0.3, -0.25) is 4.79 Å². The van der Waals surface area contributed by atoms with E-state index in [1.54, 1.807) is 12.0 Å².